The van der Waals surface area contributed by atoms with Crippen molar-refractivity contribution >= 4 is 6.08 Å². The van der Waals surface area contributed by atoms with Crippen LogP contribution >= 0.6 is 0 Å². The molecule has 2 N–H and O–H groups in total. The number of nitrogens with zero attached hydrogens (tertiary/aromatic N) is 3. The molecule has 2 heterocycles. The topological polar surface area (TPSA) is 75.6 Å². The molecule has 1 aliphatic carbocycles. The lowest BCUT2D eigenvalue weighted by atomic mass is 9.82. The minimum absolute atomic E-state index is 0.134. The van der Waals surface area contributed by atoms with Gasteiger partial charge in [0, 0.05) is 38.4 Å². The Labute approximate surface area is 142 Å². The quantitative estimate of drug-likeness (QED) is 0.850. The van der Waals surface area contributed by atoms with Crippen LogP contribution < -0.4 is 11.0 Å². The molecule has 6 nitrogen and oxygen atoms in total. The fourth-order valence-electron chi connectivity index (χ4n) is 3.41. The average Bonchev–Trinajstić information content (AvgIpc) is 2.93. The first-order valence-corrected chi connectivity index (χ1v) is 8.64. The molecule has 0 aromatic carbocycles. The van der Waals surface area contributed by atoms with E-state index in [2.05, 4.69) is 32.7 Å². The van der Waals surface area contributed by atoms with Crippen molar-refractivity contribution in [2.75, 3.05) is 6.54 Å². The number of H-pyrrole nitrogens is 1. The van der Waals surface area contributed by atoms with Gasteiger partial charge in [-0.15, -0.1) is 0 Å². The van der Waals surface area contributed by atoms with Gasteiger partial charge in [0.1, 0.15) is 5.82 Å². The molecule has 2 aromatic heterocycles. The number of pyridine rings is 1. The second-order valence-corrected chi connectivity index (χ2v) is 6.45. The highest BCUT2D eigenvalue weighted by atomic mass is 16.1. The molecule has 2 atom stereocenters. The predicted octanol–water partition coefficient (Wildman–Crippen LogP) is 1.91. The molecule has 0 aliphatic heterocycles. The summed E-state index contributed by atoms with van der Waals surface area (Å²) in [6, 6.07) is 4.48. The molecule has 0 bridgehead atoms. The van der Waals surface area contributed by atoms with Crippen molar-refractivity contribution < 1.29 is 0 Å². The molecule has 24 heavy (non-hydrogen) atoms. The first-order chi connectivity index (χ1) is 11.7. The Balaban J connectivity index is 1.55. The zero-order chi connectivity index (χ0) is 16.8. The van der Waals surface area contributed by atoms with E-state index in [1.165, 1.54) is 31.2 Å². The first-order valence-electron chi connectivity index (χ1n) is 8.64. The average molecular weight is 327 g/mol. The number of aromatic nitrogens is 4. The fraction of sp³-hybridized carbons (Fsp3) is 0.500. The van der Waals surface area contributed by atoms with Gasteiger partial charge in [-0.3, -0.25) is 9.55 Å². The van der Waals surface area contributed by atoms with Crippen molar-refractivity contribution in [1.29, 1.82) is 0 Å². The van der Waals surface area contributed by atoms with Crippen LogP contribution in [-0.2, 0) is 13.5 Å². The van der Waals surface area contributed by atoms with Gasteiger partial charge in [-0.25, -0.2) is 9.89 Å². The summed E-state index contributed by atoms with van der Waals surface area (Å²) in [6.45, 7) is 0.850. The Morgan fingerprint density at radius 2 is 2.12 bits per heavy atom. The van der Waals surface area contributed by atoms with Crippen LogP contribution in [-0.4, -0.2) is 32.3 Å². The van der Waals surface area contributed by atoms with Crippen LogP contribution in [0.3, 0.4) is 0 Å². The zero-order valence-electron chi connectivity index (χ0n) is 14.1. The molecule has 6 heteroatoms. The molecular weight excluding hydrogens is 302 g/mol. The third kappa shape index (κ3) is 4.20. The molecule has 1 aliphatic rings. The summed E-state index contributed by atoms with van der Waals surface area (Å²) in [5.74, 6) is 1.38. The van der Waals surface area contributed by atoms with E-state index in [9.17, 15) is 4.79 Å². The van der Waals surface area contributed by atoms with Gasteiger partial charge in [0.25, 0.3) is 0 Å². The van der Waals surface area contributed by atoms with E-state index >= 15 is 0 Å². The Morgan fingerprint density at radius 1 is 1.33 bits per heavy atom. The van der Waals surface area contributed by atoms with E-state index in [1.54, 1.807) is 24.0 Å². The molecular formula is C18H25N5O. The van der Waals surface area contributed by atoms with E-state index in [4.69, 9.17) is 0 Å². The van der Waals surface area contributed by atoms with Crippen LogP contribution in [0.25, 0.3) is 6.08 Å². The monoisotopic (exact) mass is 327 g/mol. The Kier molecular flexibility index (Phi) is 5.59. The smallest absolute Gasteiger partial charge is 0.310 e. The molecule has 2 aromatic rings. The maximum absolute atomic E-state index is 11.5. The van der Waals surface area contributed by atoms with Crippen LogP contribution in [0.5, 0.6) is 0 Å². The number of hydrogen-bond acceptors (Lipinski definition) is 4. The third-order valence-electron chi connectivity index (χ3n) is 4.84. The number of rotatable bonds is 6. The zero-order valence-corrected chi connectivity index (χ0v) is 14.1. The van der Waals surface area contributed by atoms with Crippen molar-refractivity contribution in [3.8, 4) is 0 Å². The molecule has 1 saturated carbocycles. The maximum Gasteiger partial charge on any atom is 0.343 e. The number of hydrogen-bond donors (Lipinski definition) is 2. The normalized spacial score (nSPS) is 21.4. The summed E-state index contributed by atoms with van der Waals surface area (Å²) in [6.07, 6.45) is 13.6. The molecule has 3 rings (SSSR count). The van der Waals surface area contributed by atoms with Crippen LogP contribution in [0.4, 0.5) is 0 Å². The molecule has 0 radical (unpaired) electrons. The van der Waals surface area contributed by atoms with E-state index in [0.29, 0.717) is 12.0 Å². The van der Waals surface area contributed by atoms with Crippen LogP contribution in [0.2, 0.25) is 0 Å². The second kappa shape index (κ2) is 8.06. The highest BCUT2D eigenvalue weighted by Crippen LogP contribution is 2.26. The second-order valence-electron chi connectivity index (χ2n) is 6.45. The highest BCUT2D eigenvalue weighted by molar-refractivity contribution is 5.47. The molecule has 0 unspecified atom stereocenters. The lowest BCUT2D eigenvalue weighted by Gasteiger charge is -2.31. The lowest BCUT2D eigenvalue weighted by molar-refractivity contribution is 0.262. The SMILES string of the molecule is Cn1c(C[C@H]2CCCC[C@H]2NC/C=C/c2ccncc2)n[nH]c1=O. The van der Waals surface area contributed by atoms with Crippen LogP contribution in [0.1, 0.15) is 37.1 Å². The van der Waals surface area contributed by atoms with Crippen LogP contribution in [0.15, 0.2) is 35.4 Å². The molecule has 1 fully saturated rings. The number of nitrogens with one attached hydrogen (secondary N) is 2. The third-order valence-corrected chi connectivity index (χ3v) is 4.84. The molecule has 0 spiro atoms. The molecule has 0 saturated heterocycles. The van der Waals surface area contributed by atoms with Gasteiger partial charge < -0.3 is 5.32 Å². The minimum atomic E-state index is -0.134. The maximum atomic E-state index is 11.5. The van der Waals surface area contributed by atoms with E-state index in [-0.39, 0.29) is 5.69 Å². The Morgan fingerprint density at radius 3 is 2.88 bits per heavy atom. The van der Waals surface area contributed by atoms with E-state index < -0.39 is 0 Å². The standard InChI is InChI=1S/C18H25N5O/c1-23-17(21-22-18(23)24)13-15-6-2-3-7-16(15)20-10-4-5-14-8-11-19-12-9-14/h4-5,8-9,11-12,15-16,20H,2-3,6-7,10,13H2,1H3,(H,22,24)/b5-4+/t15-,16-/m1/s1. The Hall–Kier alpha value is -2.21. The van der Waals surface area contributed by atoms with Crippen molar-refractivity contribution in [3.63, 3.8) is 0 Å². The van der Waals surface area contributed by atoms with Gasteiger partial charge in [0.2, 0.25) is 0 Å². The van der Waals surface area contributed by atoms with E-state index in [1.807, 2.05) is 12.1 Å². The summed E-state index contributed by atoms with van der Waals surface area (Å²) in [5, 5.41) is 10.4. The van der Waals surface area contributed by atoms with Gasteiger partial charge in [0.15, 0.2) is 0 Å². The highest BCUT2D eigenvalue weighted by Gasteiger charge is 2.26. The van der Waals surface area contributed by atoms with Gasteiger partial charge >= 0.3 is 5.69 Å². The fourth-order valence-corrected chi connectivity index (χ4v) is 3.41. The van der Waals surface area contributed by atoms with Crippen molar-refractivity contribution in [2.24, 2.45) is 13.0 Å². The van der Waals surface area contributed by atoms with Gasteiger partial charge in [-0.1, -0.05) is 25.0 Å². The summed E-state index contributed by atoms with van der Waals surface area (Å²) >= 11 is 0. The van der Waals surface area contributed by atoms with E-state index in [0.717, 1.165) is 18.8 Å². The summed E-state index contributed by atoms with van der Waals surface area (Å²) in [5.41, 5.74) is 1.03. The minimum Gasteiger partial charge on any atom is -0.310 e. The van der Waals surface area contributed by atoms with Gasteiger partial charge in [0.05, 0.1) is 0 Å². The summed E-state index contributed by atoms with van der Waals surface area (Å²) in [7, 11) is 1.78. The van der Waals surface area contributed by atoms with Gasteiger partial charge in [-0.2, -0.15) is 5.10 Å². The largest absolute Gasteiger partial charge is 0.343 e. The summed E-state index contributed by atoms with van der Waals surface area (Å²) in [4.78, 5) is 15.5. The van der Waals surface area contributed by atoms with Crippen molar-refractivity contribution in [1.82, 2.24) is 25.1 Å². The summed E-state index contributed by atoms with van der Waals surface area (Å²) < 4.78 is 1.62. The predicted molar refractivity (Wildman–Crippen MR) is 94.6 cm³/mol. The lowest BCUT2D eigenvalue weighted by Crippen LogP contribution is -2.40. The molecule has 128 valence electrons. The Bertz CT molecular complexity index is 719. The first kappa shape index (κ1) is 16.6. The molecule has 0 amide bonds. The van der Waals surface area contributed by atoms with Gasteiger partial charge in [-0.05, 0) is 36.5 Å². The number of aromatic amines is 1. The van der Waals surface area contributed by atoms with Crippen LogP contribution in [0, 0.1) is 5.92 Å². The van der Waals surface area contributed by atoms with Crippen molar-refractivity contribution in [2.45, 2.75) is 38.1 Å². The van der Waals surface area contributed by atoms with Crippen molar-refractivity contribution in [3.05, 3.63) is 52.5 Å².